The van der Waals surface area contributed by atoms with Crippen LogP contribution in [0.15, 0.2) is 18.6 Å². The van der Waals surface area contributed by atoms with E-state index in [9.17, 15) is 0 Å². The van der Waals surface area contributed by atoms with Crippen LogP contribution in [0.5, 0.6) is 5.75 Å². The van der Waals surface area contributed by atoms with Crippen LogP contribution < -0.4 is 4.74 Å². The molecular formula is C13H15ClN4O2. The first-order valence-electron chi connectivity index (χ1n) is 6.51. The van der Waals surface area contributed by atoms with Gasteiger partial charge in [-0.15, -0.1) is 5.10 Å². The first-order chi connectivity index (χ1) is 9.79. The molecule has 1 aliphatic heterocycles. The molecule has 1 fully saturated rings. The number of aromatic nitrogens is 4. The molecule has 2 aromatic rings. The molecule has 7 heteroatoms. The van der Waals surface area contributed by atoms with Gasteiger partial charge < -0.3 is 9.47 Å². The molecule has 0 saturated carbocycles. The molecule has 3 rings (SSSR count). The van der Waals surface area contributed by atoms with Crippen molar-refractivity contribution in [3.63, 3.8) is 0 Å². The second kappa shape index (κ2) is 5.76. The van der Waals surface area contributed by atoms with Crippen LogP contribution >= 0.6 is 11.6 Å². The largest absolute Gasteiger partial charge is 0.493 e. The van der Waals surface area contributed by atoms with E-state index >= 15 is 0 Å². The van der Waals surface area contributed by atoms with Crippen LogP contribution in [-0.4, -0.2) is 33.7 Å². The Morgan fingerprint density at radius 1 is 1.40 bits per heavy atom. The Balaban J connectivity index is 1.92. The van der Waals surface area contributed by atoms with Gasteiger partial charge in [0.25, 0.3) is 0 Å². The average molecular weight is 295 g/mol. The Morgan fingerprint density at radius 2 is 2.30 bits per heavy atom. The fraction of sp³-hybridized carbons (Fsp3) is 0.462. The molecule has 0 amide bonds. The van der Waals surface area contributed by atoms with E-state index in [1.54, 1.807) is 13.3 Å². The van der Waals surface area contributed by atoms with Crippen molar-refractivity contribution in [1.82, 2.24) is 20.0 Å². The minimum absolute atomic E-state index is 0.00404. The predicted molar refractivity (Wildman–Crippen MR) is 73.7 cm³/mol. The molecule has 0 spiro atoms. The van der Waals surface area contributed by atoms with Crippen molar-refractivity contribution >= 4 is 11.6 Å². The predicted octanol–water partition coefficient (Wildman–Crippen LogP) is 2.70. The van der Waals surface area contributed by atoms with E-state index in [2.05, 4.69) is 15.3 Å². The van der Waals surface area contributed by atoms with Crippen molar-refractivity contribution in [2.24, 2.45) is 0 Å². The van der Waals surface area contributed by atoms with Gasteiger partial charge in [0.1, 0.15) is 16.9 Å². The molecule has 2 aromatic heterocycles. The van der Waals surface area contributed by atoms with Gasteiger partial charge in [-0.25, -0.2) is 4.68 Å². The highest BCUT2D eigenvalue weighted by atomic mass is 35.5. The Bertz CT molecular complexity index is 596. The van der Waals surface area contributed by atoms with Gasteiger partial charge >= 0.3 is 0 Å². The molecule has 0 bridgehead atoms. The van der Waals surface area contributed by atoms with Gasteiger partial charge in [-0.1, -0.05) is 11.6 Å². The second-order valence-electron chi connectivity index (χ2n) is 4.60. The molecule has 0 radical (unpaired) electrons. The van der Waals surface area contributed by atoms with Crippen LogP contribution in [0.2, 0.25) is 5.02 Å². The zero-order valence-electron chi connectivity index (χ0n) is 11.1. The summed E-state index contributed by atoms with van der Waals surface area (Å²) in [7, 11) is 1.56. The van der Waals surface area contributed by atoms with Gasteiger partial charge in [0, 0.05) is 18.4 Å². The van der Waals surface area contributed by atoms with Gasteiger partial charge in [-0.3, -0.25) is 0 Å². The van der Waals surface area contributed by atoms with Gasteiger partial charge in [0.05, 0.1) is 19.5 Å². The monoisotopic (exact) mass is 294 g/mol. The summed E-state index contributed by atoms with van der Waals surface area (Å²) in [6.07, 6.45) is 8.30. The Morgan fingerprint density at radius 3 is 3.05 bits per heavy atom. The van der Waals surface area contributed by atoms with E-state index < -0.39 is 0 Å². The lowest BCUT2D eigenvalue weighted by Crippen LogP contribution is -2.18. The number of rotatable bonds is 3. The summed E-state index contributed by atoms with van der Waals surface area (Å²) in [5.41, 5.74) is 1.40. The van der Waals surface area contributed by atoms with Gasteiger partial charge in [-0.05, 0) is 19.3 Å². The molecule has 6 nitrogen and oxygen atoms in total. The highest BCUT2D eigenvalue weighted by Crippen LogP contribution is 2.33. The van der Waals surface area contributed by atoms with E-state index in [0.717, 1.165) is 31.4 Å². The van der Waals surface area contributed by atoms with Crippen molar-refractivity contribution < 1.29 is 9.47 Å². The van der Waals surface area contributed by atoms with Crippen molar-refractivity contribution in [3.05, 3.63) is 23.6 Å². The minimum atomic E-state index is -0.00404. The van der Waals surface area contributed by atoms with Crippen LogP contribution in [-0.2, 0) is 4.74 Å². The quantitative estimate of drug-likeness (QED) is 0.871. The van der Waals surface area contributed by atoms with Crippen LogP contribution in [0.1, 0.15) is 25.5 Å². The highest BCUT2D eigenvalue weighted by Gasteiger charge is 2.19. The van der Waals surface area contributed by atoms with Gasteiger partial charge in [0.2, 0.25) is 0 Å². The molecule has 20 heavy (non-hydrogen) atoms. The highest BCUT2D eigenvalue weighted by molar-refractivity contribution is 6.32. The molecule has 0 aromatic carbocycles. The molecule has 1 unspecified atom stereocenters. The van der Waals surface area contributed by atoms with E-state index in [1.807, 2.05) is 10.9 Å². The number of nitrogens with zero attached hydrogens (tertiary/aromatic N) is 4. The normalized spacial score (nSPS) is 19.0. The van der Waals surface area contributed by atoms with Crippen LogP contribution in [0.3, 0.4) is 0 Å². The standard InChI is InChI=1S/C13H15ClN4O2/c1-19-13-10(14)7-15-17-12(13)9-6-16-18(8-9)11-4-2-3-5-20-11/h6-8,11H,2-5H2,1H3. The van der Waals surface area contributed by atoms with E-state index in [4.69, 9.17) is 21.1 Å². The Hall–Kier alpha value is -1.66. The maximum atomic E-state index is 6.06. The van der Waals surface area contributed by atoms with E-state index in [0.29, 0.717) is 16.5 Å². The Kier molecular flexibility index (Phi) is 3.84. The number of hydrogen-bond donors (Lipinski definition) is 0. The molecule has 0 aliphatic carbocycles. The lowest BCUT2D eigenvalue weighted by atomic mass is 10.2. The summed E-state index contributed by atoms with van der Waals surface area (Å²) in [5, 5.41) is 12.7. The van der Waals surface area contributed by atoms with Crippen molar-refractivity contribution in [3.8, 4) is 17.0 Å². The maximum Gasteiger partial charge on any atom is 0.167 e. The van der Waals surface area contributed by atoms with E-state index in [1.165, 1.54) is 6.20 Å². The lowest BCUT2D eigenvalue weighted by molar-refractivity contribution is -0.0394. The third kappa shape index (κ3) is 2.48. The van der Waals surface area contributed by atoms with Crippen molar-refractivity contribution in [2.75, 3.05) is 13.7 Å². The average Bonchev–Trinajstić information content (AvgIpc) is 2.97. The third-order valence-electron chi connectivity index (χ3n) is 3.29. The third-order valence-corrected chi connectivity index (χ3v) is 3.56. The van der Waals surface area contributed by atoms with Gasteiger partial charge in [0.15, 0.2) is 5.75 Å². The number of hydrogen-bond acceptors (Lipinski definition) is 5. The summed E-state index contributed by atoms with van der Waals surface area (Å²) in [6, 6.07) is 0. The van der Waals surface area contributed by atoms with Crippen molar-refractivity contribution in [1.29, 1.82) is 0 Å². The fourth-order valence-corrected chi connectivity index (χ4v) is 2.50. The summed E-state index contributed by atoms with van der Waals surface area (Å²) < 4.78 is 12.8. The molecular weight excluding hydrogens is 280 g/mol. The second-order valence-corrected chi connectivity index (χ2v) is 5.01. The first kappa shape index (κ1) is 13.3. The van der Waals surface area contributed by atoms with E-state index in [-0.39, 0.29) is 6.23 Å². The molecule has 0 N–H and O–H groups in total. The minimum Gasteiger partial charge on any atom is -0.493 e. The molecule has 1 saturated heterocycles. The molecule has 106 valence electrons. The van der Waals surface area contributed by atoms with Gasteiger partial charge in [-0.2, -0.15) is 10.2 Å². The fourth-order valence-electron chi connectivity index (χ4n) is 2.29. The summed E-state index contributed by atoms with van der Waals surface area (Å²) >= 11 is 6.06. The van der Waals surface area contributed by atoms with Crippen molar-refractivity contribution in [2.45, 2.75) is 25.5 Å². The maximum absolute atomic E-state index is 6.06. The molecule has 1 atom stereocenters. The number of methoxy groups -OCH3 is 1. The molecule has 3 heterocycles. The van der Waals surface area contributed by atoms with Crippen LogP contribution in [0.4, 0.5) is 0 Å². The SMILES string of the molecule is COc1c(Cl)cnnc1-c1cnn(C2CCCCO2)c1. The molecule has 1 aliphatic rings. The summed E-state index contributed by atoms with van der Waals surface area (Å²) in [4.78, 5) is 0. The summed E-state index contributed by atoms with van der Waals surface area (Å²) in [6.45, 7) is 0.778. The Labute approximate surface area is 121 Å². The number of ether oxygens (including phenoxy) is 2. The zero-order valence-corrected chi connectivity index (χ0v) is 11.9. The lowest BCUT2D eigenvalue weighted by Gasteiger charge is -2.22. The zero-order chi connectivity index (χ0) is 13.9. The van der Waals surface area contributed by atoms with Crippen LogP contribution in [0.25, 0.3) is 11.3 Å². The number of halogens is 1. The van der Waals surface area contributed by atoms with Crippen LogP contribution in [0, 0.1) is 0 Å². The topological polar surface area (TPSA) is 62.1 Å². The summed E-state index contributed by atoms with van der Waals surface area (Å²) in [5.74, 6) is 0.505. The first-order valence-corrected chi connectivity index (χ1v) is 6.88. The smallest absolute Gasteiger partial charge is 0.167 e.